The number of aromatic carboxylic acids is 1. The van der Waals surface area contributed by atoms with Gasteiger partial charge in [-0.05, 0) is 46.4 Å². The van der Waals surface area contributed by atoms with Gasteiger partial charge in [-0.15, -0.1) is 0 Å². The molecule has 0 saturated carbocycles. The summed E-state index contributed by atoms with van der Waals surface area (Å²) in [4.78, 5) is 14.6. The first kappa shape index (κ1) is 11.8. The van der Waals surface area contributed by atoms with Crippen molar-refractivity contribution in [2.24, 2.45) is 16.5 Å². The number of guanidine groups is 1. The standard InChI is InChI=1S/C9H10IN3O2/c10-7-2-5(4-13-9(11)12)1-6(3-7)8(14)15/h1-3H,4H2,(H,14,15)(H4,11,12,13)/i10-2. The van der Waals surface area contributed by atoms with Gasteiger partial charge < -0.3 is 16.6 Å². The van der Waals surface area contributed by atoms with Crippen molar-refractivity contribution in [2.45, 2.75) is 6.54 Å². The van der Waals surface area contributed by atoms with Gasteiger partial charge in [0.2, 0.25) is 0 Å². The van der Waals surface area contributed by atoms with Crippen molar-refractivity contribution in [2.75, 3.05) is 0 Å². The van der Waals surface area contributed by atoms with Crippen LogP contribution in [0.1, 0.15) is 15.9 Å². The number of halogens is 1. The van der Waals surface area contributed by atoms with E-state index in [1.165, 1.54) is 0 Å². The Bertz CT molecular complexity index is 414. The lowest BCUT2D eigenvalue weighted by Crippen LogP contribution is -2.22. The Kier molecular flexibility index (Phi) is 3.89. The summed E-state index contributed by atoms with van der Waals surface area (Å²) in [5.41, 5.74) is 11.4. The fourth-order valence-corrected chi connectivity index (χ4v) is 1.78. The van der Waals surface area contributed by atoms with Gasteiger partial charge in [-0.25, -0.2) is 9.79 Å². The number of benzene rings is 1. The SMILES string of the molecule is NC(N)=NCc1cc([125I])cc(C(=O)O)c1. The summed E-state index contributed by atoms with van der Waals surface area (Å²) in [7, 11) is 0. The molecule has 0 saturated heterocycles. The number of carbonyl (C=O) groups is 1. The maximum Gasteiger partial charge on any atom is 0.335 e. The highest BCUT2D eigenvalue weighted by Crippen LogP contribution is 2.13. The second kappa shape index (κ2) is 4.96. The molecule has 0 atom stereocenters. The molecule has 0 spiro atoms. The number of nitrogens with zero attached hydrogens (tertiary/aromatic N) is 1. The van der Waals surface area contributed by atoms with Crippen LogP contribution in [0.25, 0.3) is 0 Å². The van der Waals surface area contributed by atoms with Crippen LogP contribution in [0, 0.1) is 3.57 Å². The Hall–Kier alpha value is -1.31. The minimum absolute atomic E-state index is 0.00858. The second-order valence-corrected chi connectivity index (χ2v) is 4.14. The van der Waals surface area contributed by atoms with Gasteiger partial charge in [0.05, 0.1) is 12.1 Å². The highest BCUT2D eigenvalue weighted by atomic mass is 125. The number of aliphatic imine (C=N–C) groups is 1. The lowest BCUT2D eigenvalue weighted by molar-refractivity contribution is 0.0696. The maximum absolute atomic E-state index is 10.8. The topological polar surface area (TPSA) is 102 Å². The van der Waals surface area contributed by atoms with Crippen molar-refractivity contribution >= 4 is 34.5 Å². The van der Waals surface area contributed by atoms with E-state index in [9.17, 15) is 4.79 Å². The molecule has 0 amide bonds. The number of hydrogen-bond acceptors (Lipinski definition) is 2. The van der Waals surface area contributed by atoms with Gasteiger partial charge in [0.1, 0.15) is 0 Å². The molecular formula is C9H10IN3O2. The Morgan fingerprint density at radius 1 is 1.40 bits per heavy atom. The van der Waals surface area contributed by atoms with Crippen LogP contribution in [-0.2, 0) is 6.54 Å². The highest BCUT2D eigenvalue weighted by molar-refractivity contribution is 14.1. The quantitative estimate of drug-likeness (QED) is 0.435. The van der Waals surface area contributed by atoms with E-state index in [-0.39, 0.29) is 11.5 Å². The Morgan fingerprint density at radius 3 is 2.60 bits per heavy atom. The molecule has 0 bridgehead atoms. The molecule has 0 aliphatic carbocycles. The number of carboxylic acid groups (broad SMARTS) is 1. The van der Waals surface area contributed by atoms with Gasteiger partial charge in [-0.3, -0.25) is 0 Å². The normalized spacial score (nSPS) is 9.67. The molecule has 1 aromatic rings. The molecule has 15 heavy (non-hydrogen) atoms. The predicted molar refractivity (Wildman–Crippen MR) is 65.6 cm³/mol. The fraction of sp³-hybridized carbons (Fsp3) is 0.111. The smallest absolute Gasteiger partial charge is 0.335 e. The van der Waals surface area contributed by atoms with Gasteiger partial charge in [-0.2, -0.15) is 0 Å². The van der Waals surface area contributed by atoms with E-state index in [4.69, 9.17) is 16.6 Å². The van der Waals surface area contributed by atoms with Gasteiger partial charge in [0.25, 0.3) is 0 Å². The highest BCUT2D eigenvalue weighted by Gasteiger charge is 2.05. The van der Waals surface area contributed by atoms with E-state index >= 15 is 0 Å². The zero-order valence-electron chi connectivity index (χ0n) is 7.77. The molecule has 0 aliphatic rings. The minimum atomic E-state index is -0.959. The Morgan fingerprint density at radius 2 is 2.07 bits per heavy atom. The molecule has 0 aromatic heterocycles. The first-order chi connectivity index (χ1) is 6.99. The van der Waals surface area contributed by atoms with Crippen LogP contribution in [0.2, 0.25) is 0 Å². The molecule has 0 fully saturated rings. The van der Waals surface area contributed by atoms with E-state index in [0.29, 0.717) is 6.54 Å². The third-order valence-corrected chi connectivity index (χ3v) is 2.27. The van der Waals surface area contributed by atoms with Crippen molar-refractivity contribution < 1.29 is 9.90 Å². The van der Waals surface area contributed by atoms with Crippen molar-refractivity contribution in [3.8, 4) is 0 Å². The largest absolute Gasteiger partial charge is 0.478 e. The summed E-state index contributed by atoms with van der Waals surface area (Å²) in [6, 6.07) is 4.97. The first-order valence-electron chi connectivity index (χ1n) is 4.07. The van der Waals surface area contributed by atoms with Crippen molar-refractivity contribution in [3.05, 3.63) is 32.9 Å². The summed E-state index contributed by atoms with van der Waals surface area (Å²) in [6.45, 7) is 0.291. The molecule has 0 radical (unpaired) electrons. The van der Waals surface area contributed by atoms with Crippen LogP contribution in [0.15, 0.2) is 23.2 Å². The van der Waals surface area contributed by atoms with Gasteiger partial charge >= 0.3 is 5.97 Å². The van der Waals surface area contributed by atoms with Crippen LogP contribution in [-0.4, -0.2) is 17.0 Å². The van der Waals surface area contributed by atoms with Crippen LogP contribution in [0.4, 0.5) is 0 Å². The minimum Gasteiger partial charge on any atom is -0.478 e. The number of rotatable bonds is 3. The monoisotopic (exact) mass is 317 g/mol. The maximum atomic E-state index is 10.8. The molecule has 0 unspecified atom stereocenters. The number of nitrogens with two attached hydrogens (primary N) is 2. The zero-order valence-corrected chi connectivity index (χ0v) is 9.93. The van der Waals surface area contributed by atoms with Crippen molar-refractivity contribution in [1.82, 2.24) is 0 Å². The van der Waals surface area contributed by atoms with Gasteiger partial charge in [0, 0.05) is 3.57 Å². The molecule has 1 rings (SSSR count). The Labute approximate surface area is 100 Å². The van der Waals surface area contributed by atoms with Gasteiger partial charge in [0.15, 0.2) is 5.96 Å². The molecule has 5 nitrogen and oxygen atoms in total. The van der Waals surface area contributed by atoms with E-state index in [1.54, 1.807) is 12.1 Å². The van der Waals surface area contributed by atoms with Gasteiger partial charge in [-0.1, -0.05) is 0 Å². The molecule has 0 aliphatic heterocycles. The molecule has 5 N–H and O–H groups in total. The Balaban J connectivity index is 2.99. The second-order valence-electron chi connectivity index (χ2n) is 2.89. The average molecular weight is 317 g/mol. The molecular weight excluding hydrogens is 307 g/mol. The van der Waals surface area contributed by atoms with Crippen molar-refractivity contribution in [3.63, 3.8) is 0 Å². The molecule has 6 heteroatoms. The lowest BCUT2D eigenvalue weighted by atomic mass is 10.1. The third-order valence-electron chi connectivity index (χ3n) is 1.65. The van der Waals surface area contributed by atoms with E-state index in [1.807, 2.05) is 28.7 Å². The van der Waals surface area contributed by atoms with Crippen molar-refractivity contribution in [1.29, 1.82) is 0 Å². The number of hydrogen-bond donors (Lipinski definition) is 3. The van der Waals surface area contributed by atoms with E-state index < -0.39 is 5.97 Å². The predicted octanol–water partition coefficient (Wildman–Crippen LogP) is 0.763. The average Bonchev–Trinajstić information content (AvgIpc) is 2.13. The van der Waals surface area contributed by atoms with E-state index in [2.05, 4.69) is 4.99 Å². The van der Waals surface area contributed by atoms with E-state index in [0.717, 1.165) is 9.13 Å². The lowest BCUT2D eigenvalue weighted by Gasteiger charge is -2.01. The molecule has 0 heterocycles. The summed E-state index contributed by atoms with van der Waals surface area (Å²) in [6.07, 6.45) is 0. The molecule has 80 valence electrons. The number of carboxylic acids is 1. The summed E-state index contributed by atoms with van der Waals surface area (Å²) in [5.74, 6) is -0.967. The zero-order chi connectivity index (χ0) is 11.4. The van der Waals surface area contributed by atoms with Crippen LogP contribution in [0.5, 0.6) is 0 Å². The van der Waals surface area contributed by atoms with Crippen LogP contribution in [0.3, 0.4) is 0 Å². The molecule has 1 aromatic carbocycles. The third kappa shape index (κ3) is 3.74. The summed E-state index contributed by atoms with van der Waals surface area (Å²) in [5, 5.41) is 8.82. The summed E-state index contributed by atoms with van der Waals surface area (Å²) < 4.78 is 0.841. The first-order valence-corrected chi connectivity index (χ1v) is 5.15. The van der Waals surface area contributed by atoms with Crippen LogP contribution < -0.4 is 11.5 Å². The fourth-order valence-electron chi connectivity index (χ4n) is 1.05. The summed E-state index contributed by atoms with van der Waals surface area (Å²) >= 11 is 2.05. The van der Waals surface area contributed by atoms with Crippen LogP contribution >= 0.6 is 22.6 Å².